The van der Waals surface area contributed by atoms with E-state index in [1.807, 2.05) is 46.2 Å². The second-order valence-electron chi connectivity index (χ2n) is 15.1. The van der Waals surface area contributed by atoms with Crippen LogP contribution in [-0.2, 0) is 0 Å². The number of hydrogen-bond donors (Lipinski definition) is 0. The van der Waals surface area contributed by atoms with Gasteiger partial charge in [-0.1, -0.05) is 12.1 Å². The van der Waals surface area contributed by atoms with Gasteiger partial charge in [-0.15, -0.1) is 0 Å². The molecule has 0 N–H and O–H groups in total. The average Bonchev–Trinajstić information content (AvgIpc) is 3.83. The number of benzene rings is 10. The van der Waals surface area contributed by atoms with Crippen molar-refractivity contribution in [3.63, 3.8) is 0 Å². The van der Waals surface area contributed by atoms with Gasteiger partial charge < -0.3 is 18.6 Å². The fraction of sp³-hybridized carbons (Fsp3) is 0. The van der Waals surface area contributed by atoms with E-state index in [4.69, 9.17) is 8.83 Å². The van der Waals surface area contributed by atoms with E-state index in [-0.39, 0.29) is 23.3 Å². The fourth-order valence-electron chi connectivity index (χ4n) is 8.91. The van der Waals surface area contributed by atoms with E-state index in [1.165, 1.54) is 48.5 Å². The Balaban J connectivity index is 1.02. The molecule has 0 aliphatic heterocycles. The number of anilines is 6. The van der Waals surface area contributed by atoms with Crippen molar-refractivity contribution in [1.29, 1.82) is 0 Å². The van der Waals surface area contributed by atoms with E-state index >= 15 is 0 Å². The van der Waals surface area contributed by atoms with Crippen LogP contribution in [0.25, 0.3) is 76.2 Å². The summed E-state index contributed by atoms with van der Waals surface area (Å²) >= 11 is 0. The van der Waals surface area contributed by atoms with Crippen LogP contribution in [0.5, 0.6) is 0 Å². The molecular weight excluding hydrogens is 761 g/mol. The number of halogens is 4. The summed E-state index contributed by atoms with van der Waals surface area (Å²) in [5.41, 5.74) is 7.28. The van der Waals surface area contributed by atoms with Crippen LogP contribution in [0.15, 0.2) is 179 Å². The second kappa shape index (κ2) is 12.8. The third-order valence-corrected chi connectivity index (χ3v) is 11.6. The van der Waals surface area contributed by atoms with Crippen molar-refractivity contribution >= 4 is 110 Å². The summed E-state index contributed by atoms with van der Waals surface area (Å²) in [6.07, 6.45) is 0. The Labute approximate surface area is 338 Å². The van der Waals surface area contributed by atoms with Crippen molar-refractivity contribution in [3.8, 4) is 0 Å². The van der Waals surface area contributed by atoms with Gasteiger partial charge in [0.25, 0.3) is 0 Å². The minimum absolute atomic E-state index is 0.348. The van der Waals surface area contributed by atoms with Gasteiger partial charge in [0.2, 0.25) is 0 Å². The number of nitrogens with zero attached hydrogens (tertiary/aromatic N) is 2. The molecule has 0 saturated carbocycles. The molecule has 286 valence electrons. The fourth-order valence-corrected chi connectivity index (χ4v) is 8.91. The topological polar surface area (TPSA) is 32.8 Å². The number of furan rings is 2. The van der Waals surface area contributed by atoms with Crippen LogP contribution in [0.2, 0.25) is 0 Å². The lowest BCUT2D eigenvalue weighted by molar-refractivity contribution is 0.627. The summed E-state index contributed by atoms with van der Waals surface area (Å²) in [6.45, 7) is 0. The van der Waals surface area contributed by atoms with Crippen LogP contribution in [-0.4, -0.2) is 0 Å². The first-order valence-electron chi connectivity index (χ1n) is 19.4. The maximum atomic E-state index is 14.0. The third kappa shape index (κ3) is 5.24. The van der Waals surface area contributed by atoms with Crippen molar-refractivity contribution in [2.75, 3.05) is 9.80 Å². The predicted octanol–water partition coefficient (Wildman–Crippen LogP) is 15.9. The average molecular weight is 789 g/mol. The van der Waals surface area contributed by atoms with E-state index in [1.54, 1.807) is 48.5 Å². The SMILES string of the molecule is Fc1ccc(N(c2ccc(F)cc2)c2ccc3c(c2)oc2c3cc3ccc4c5oc6cc(N(c7ccc(F)cc7)c7ccc(F)cc7)ccc6c5cc5ccc2c3c54)cc1. The Kier molecular flexibility index (Phi) is 7.32. The molecular formula is C52H28F4N2O2. The van der Waals surface area contributed by atoms with E-state index in [2.05, 4.69) is 36.4 Å². The van der Waals surface area contributed by atoms with Crippen molar-refractivity contribution in [3.05, 3.63) is 193 Å². The van der Waals surface area contributed by atoms with Crippen LogP contribution < -0.4 is 9.80 Å². The minimum atomic E-state index is -0.348. The lowest BCUT2D eigenvalue weighted by atomic mass is 9.91. The van der Waals surface area contributed by atoms with Crippen LogP contribution >= 0.6 is 0 Å². The summed E-state index contributed by atoms with van der Waals surface area (Å²) in [5.74, 6) is -1.39. The van der Waals surface area contributed by atoms with Gasteiger partial charge in [0.05, 0.1) is 0 Å². The van der Waals surface area contributed by atoms with E-state index in [9.17, 15) is 17.6 Å². The highest BCUT2D eigenvalue weighted by Gasteiger charge is 2.22. The Morgan fingerprint density at radius 2 is 0.583 bits per heavy atom. The van der Waals surface area contributed by atoms with Gasteiger partial charge in [-0.2, -0.15) is 0 Å². The lowest BCUT2D eigenvalue weighted by Crippen LogP contribution is -2.09. The standard InChI is InChI=1S/C52H28F4N2O2/c53-31-3-11-35(12-4-31)57(36-13-5-32(54)6-14-36)39-19-23-41-45-25-29-1-21-43-50-30(2-22-44(49(29)50)52(45)60-47(41)27-39)26-46-42-24-20-40(28-48(42)59-51(43)46)58(37-15-7-33(55)8-16-37)38-17-9-34(56)10-18-38/h1-28H. The highest BCUT2D eigenvalue weighted by atomic mass is 19.1. The zero-order valence-electron chi connectivity index (χ0n) is 31.4. The zero-order valence-corrected chi connectivity index (χ0v) is 31.4. The van der Waals surface area contributed by atoms with E-state index in [0.29, 0.717) is 33.9 Å². The van der Waals surface area contributed by atoms with Crippen LogP contribution in [0.3, 0.4) is 0 Å². The van der Waals surface area contributed by atoms with E-state index < -0.39 is 0 Å². The summed E-state index contributed by atoms with van der Waals surface area (Å²) in [6, 6.07) is 49.6. The van der Waals surface area contributed by atoms with Gasteiger partial charge in [-0.05, 0) is 156 Å². The zero-order chi connectivity index (χ0) is 40.2. The summed E-state index contributed by atoms with van der Waals surface area (Å²) < 4.78 is 69.5. The largest absolute Gasteiger partial charge is 0.455 e. The highest BCUT2D eigenvalue weighted by Crippen LogP contribution is 2.47. The van der Waals surface area contributed by atoms with Crippen molar-refractivity contribution in [2.45, 2.75) is 0 Å². The molecule has 10 aromatic carbocycles. The molecule has 4 nitrogen and oxygen atoms in total. The Morgan fingerprint density at radius 1 is 0.283 bits per heavy atom. The first-order chi connectivity index (χ1) is 29.3. The normalized spacial score (nSPS) is 12.0. The maximum absolute atomic E-state index is 14.0. The van der Waals surface area contributed by atoms with Gasteiger partial charge in [0.15, 0.2) is 0 Å². The highest BCUT2D eigenvalue weighted by molar-refractivity contribution is 6.34. The Bertz CT molecular complexity index is 3300. The Morgan fingerprint density at radius 3 is 0.917 bits per heavy atom. The molecule has 0 unspecified atom stereocenters. The van der Waals surface area contributed by atoms with Crippen LogP contribution in [0.1, 0.15) is 0 Å². The first-order valence-corrected chi connectivity index (χ1v) is 19.4. The molecule has 0 aliphatic carbocycles. The molecule has 0 fully saturated rings. The van der Waals surface area contributed by atoms with Gasteiger partial charge in [-0.3, -0.25) is 0 Å². The van der Waals surface area contributed by atoms with Crippen molar-refractivity contribution < 1.29 is 26.4 Å². The molecule has 2 aromatic heterocycles. The number of rotatable bonds is 6. The molecule has 8 heteroatoms. The van der Waals surface area contributed by atoms with Gasteiger partial charge in [0, 0.05) is 89.3 Å². The molecule has 0 aliphatic rings. The molecule has 0 spiro atoms. The summed E-state index contributed by atoms with van der Waals surface area (Å²) in [5, 5.41) is 10.1. The van der Waals surface area contributed by atoms with Gasteiger partial charge in [0.1, 0.15) is 45.6 Å². The second-order valence-corrected chi connectivity index (χ2v) is 15.1. The first kappa shape index (κ1) is 34.2. The van der Waals surface area contributed by atoms with E-state index in [0.717, 1.165) is 76.4 Å². The van der Waals surface area contributed by atoms with Gasteiger partial charge in [-0.25, -0.2) is 17.6 Å². The van der Waals surface area contributed by atoms with Gasteiger partial charge >= 0.3 is 0 Å². The maximum Gasteiger partial charge on any atom is 0.143 e. The van der Waals surface area contributed by atoms with Crippen LogP contribution in [0.4, 0.5) is 51.7 Å². The predicted molar refractivity (Wildman–Crippen MR) is 234 cm³/mol. The van der Waals surface area contributed by atoms with Crippen molar-refractivity contribution in [2.24, 2.45) is 0 Å². The molecule has 0 bridgehead atoms. The molecule has 60 heavy (non-hydrogen) atoms. The minimum Gasteiger partial charge on any atom is -0.455 e. The Hall–Kier alpha value is -7.84. The molecule has 0 saturated heterocycles. The monoisotopic (exact) mass is 788 g/mol. The van der Waals surface area contributed by atoms with Crippen molar-refractivity contribution in [1.82, 2.24) is 0 Å². The smallest absolute Gasteiger partial charge is 0.143 e. The molecule has 12 rings (SSSR count). The van der Waals surface area contributed by atoms with Crippen LogP contribution in [0, 0.1) is 23.3 Å². The number of hydrogen-bond acceptors (Lipinski definition) is 4. The molecule has 2 heterocycles. The molecule has 12 aromatic rings. The molecule has 0 atom stereocenters. The third-order valence-electron chi connectivity index (χ3n) is 11.6. The lowest BCUT2D eigenvalue weighted by Gasteiger charge is -2.25. The summed E-state index contributed by atoms with van der Waals surface area (Å²) in [4.78, 5) is 3.88. The molecule has 0 amide bonds. The quantitative estimate of drug-likeness (QED) is 0.124. The number of fused-ring (bicyclic) bond motifs is 8. The summed E-state index contributed by atoms with van der Waals surface area (Å²) in [7, 11) is 0. The molecule has 0 radical (unpaired) electrons.